The highest BCUT2D eigenvalue weighted by Crippen LogP contribution is 2.26. The molecule has 0 amide bonds. The lowest BCUT2D eigenvalue weighted by Crippen LogP contribution is -2.44. The summed E-state index contributed by atoms with van der Waals surface area (Å²) in [4.78, 5) is 6.57. The zero-order chi connectivity index (χ0) is 12.1. The molecule has 1 N–H and O–H groups in total. The Morgan fingerprint density at radius 3 is 3.06 bits per heavy atom. The SMILES string of the molecule is CN(Cc1cccnc1)CC1(C)CCCNC1. The minimum absolute atomic E-state index is 0.426. The van der Waals surface area contributed by atoms with E-state index >= 15 is 0 Å². The van der Waals surface area contributed by atoms with Gasteiger partial charge in [-0.15, -0.1) is 0 Å². The Labute approximate surface area is 104 Å². The summed E-state index contributed by atoms with van der Waals surface area (Å²) in [5, 5.41) is 3.51. The van der Waals surface area contributed by atoms with Crippen molar-refractivity contribution in [3.63, 3.8) is 0 Å². The largest absolute Gasteiger partial charge is 0.316 e. The van der Waals surface area contributed by atoms with Gasteiger partial charge in [0, 0.05) is 32.0 Å². The average molecular weight is 233 g/mol. The van der Waals surface area contributed by atoms with Gasteiger partial charge in [-0.1, -0.05) is 13.0 Å². The van der Waals surface area contributed by atoms with Crippen LogP contribution in [-0.4, -0.2) is 36.6 Å². The van der Waals surface area contributed by atoms with E-state index in [0.29, 0.717) is 5.41 Å². The Balaban J connectivity index is 1.86. The fourth-order valence-corrected chi connectivity index (χ4v) is 2.76. The lowest BCUT2D eigenvalue weighted by atomic mass is 9.82. The molecule has 0 aromatic carbocycles. The maximum Gasteiger partial charge on any atom is 0.0312 e. The molecule has 3 heteroatoms. The van der Waals surface area contributed by atoms with Gasteiger partial charge in [-0.3, -0.25) is 4.98 Å². The van der Waals surface area contributed by atoms with Crippen LogP contribution in [0.3, 0.4) is 0 Å². The van der Waals surface area contributed by atoms with Gasteiger partial charge in [-0.05, 0) is 43.5 Å². The van der Waals surface area contributed by atoms with Crippen LogP contribution >= 0.6 is 0 Å². The summed E-state index contributed by atoms with van der Waals surface area (Å²) in [7, 11) is 2.20. The first-order valence-electron chi connectivity index (χ1n) is 6.46. The van der Waals surface area contributed by atoms with Gasteiger partial charge in [-0.2, -0.15) is 0 Å². The lowest BCUT2D eigenvalue weighted by Gasteiger charge is -2.37. The minimum Gasteiger partial charge on any atom is -0.316 e. The molecule has 1 aliphatic heterocycles. The van der Waals surface area contributed by atoms with E-state index in [2.05, 4.69) is 35.2 Å². The summed E-state index contributed by atoms with van der Waals surface area (Å²) >= 11 is 0. The molecular weight excluding hydrogens is 210 g/mol. The second-order valence-corrected chi connectivity index (χ2v) is 5.62. The van der Waals surface area contributed by atoms with E-state index in [0.717, 1.165) is 19.6 Å². The Morgan fingerprint density at radius 2 is 2.41 bits per heavy atom. The molecule has 94 valence electrons. The highest BCUT2D eigenvalue weighted by Gasteiger charge is 2.27. The summed E-state index contributed by atoms with van der Waals surface area (Å²) in [5.41, 5.74) is 1.72. The second-order valence-electron chi connectivity index (χ2n) is 5.62. The van der Waals surface area contributed by atoms with Crippen LogP contribution in [0.2, 0.25) is 0 Å². The number of hydrogen-bond donors (Lipinski definition) is 1. The first-order chi connectivity index (χ1) is 8.18. The van der Waals surface area contributed by atoms with Gasteiger partial charge in [0.2, 0.25) is 0 Å². The monoisotopic (exact) mass is 233 g/mol. The lowest BCUT2D eigenvalue weighted by molar-refractivity contribution is 0.148. The van der Waals surface area contributed by atoms with E-state index in [1.165, 1.54) is 24.9 Å². The van der Waals surface area contributed by atoms with E-state index in [9.17, 15) is 0 Å². The number of rotatable bonds is 4. The molecule has 0 saturated carbocycles. The molecule has 1 saturated heterocycles. The molecule has 1 unspecified atom stereocenters. The summed E-state index contributed by atoms with van der Waals surface area (Å²) in [6, 6.07) is 4.15. The first kappa shape index (κ1) is 12.5. The van der Waals surface area contributed by atoms with Crippen LogP contribution in [0, 0.1) is 5.41 Å². The zero-order valence-electron chi connectivity index (χ0n) is 10.9. The number of nitrogens with zero attached hydrogens (tertiary/aromatic N) is 2. The number of pyridine rings is 1. The topological polar surface area (TPSA) is 28.2 Å². The second kappa shape index (κ2) is 5.61. The Morgan fingerprint density at radius 1 is 1.53 bits per heavy atom. The molecule has 1 fully saturated rings. The zero-order valence-corrected chi connectivity index (χ0v) is 10.9. The van der Waals surface area contributed by atoms with Crippen molar-refractivity contribution in [3.8, 4) is 0 Å². The minimum atomic E-state index is 0.426. The maximum atomic E-state index is 4.16. The predicted molar refractivity (Wildman–Crippen MR) is 70.8 cm³/mol. The fraction of sp³-hybridized carbons (Fsp3) is 0.643. The molecule has 1 aliphatic rings. The Bertz CT molecular complexity index is 331. The van der Waals surface area contributed by atoms with Crippen LogP contribution in [0.5, 0.6) is 0 Å². The molecule has 1 aromatic rings. The molecule has 0 bridgehead atoms. The fourth-order valence-electron chi connectivity index (χ4n) is 2.76. The molecule has 2 rings (SSSR count). The van der Waals surface area contributed by atoms with E-state index in [-0.39, 0.29) is 0 Å². The molecule has 2 heterocycles. The van der Waals surface area contributed by atoms with E-state index in [4.69, 9.17) is 0 Å². The average Bonchev–Trinajstić information content (AvgIpc) is 2.30. The standard InChI is InChI=1S/C14H23N3/c1-14(6-4-8-16-11-14)12-17(2)10-13-5-3-7-15-9-13/h3,5,7,9,16H,4,6,8,10-12H2,1-2H3. The van der Waals surface area contributed by atoms with Gasteiger partial charge >= 0.3 is 0 Å². The molecule has 0 radical (unpaired) electrons. The van der Waals surface area contributed by atoms with Gasteiger partial charge in [-0.25, -0.2) is 0 Å². The van der Waals surface area contributed by atoms with Gasteiger partial charge in [0.15, 0.2) is 0 Å². The summed E-state index contributed by atoms with van der Waals surface area (Å²) in [6.07, 6.45) is 6.42. The van der Waals surface area contributed by atoms with Gasteiger partial charge in [0.05, 0.1) is 0 Å². The highest BCUT2D eigenvalue weighted by molar-refractivity contribution is 5.08. The van der Waals surface area contributed by atoms with Crippen molar-refractivity contribution in [3.05, 3.63) is 30.1 Å². The molecule has 17 heavy (non-hydrogen) atoms. The third kappa shape index (κ3) is 3.79. The molecule has 1 aromatic heterocycles. The smallest absolute Gasteiger partial charge is 0.0312 e. The van der Waals surface area contributed by atoms with Gasteiger partial charge in [0.1, 0.15) is 0 Å². The van der Waals surface area contributed by atoms with Crippen LogP contribution in [0.25, 0.3) is 0 Å². The van der Waals surface area contributed by atoms with Crippen LogP contribution < -0.4 is 5.32 Å². The number of nitrogens with one attached hydrogen (secondary N) is 1. The molecular formula is C14H23N3. The quantitative estimate of drug-likeness (QED) is 0.861. The van der Waals surface area contributed by atoms with Gasteiger partial charge in [0.25, 0.3) is 0 Å². The normalized spacial score (nSPS) is 25.1. The maximum absolute atomic E-state index is 4.16. The van der Waals surface area contributed by atoms with E-state index in [1.54, 1.807) is 0 Å². The van der Waals surface area contributed by atoms with E-state index in [1.807, 2.05) is 18.5 Å². The van der Waals surface area contributed by atoms with Crippen LogP contribution in [0.15, 0.2) is 24.5 Å². The summed E-state index contributed by atoms with van der Waals surface area (Å²) < 4.78 is 0. The van der Waals surface area contributed by atoms with Crippen LogP contribution in [-0.2, 0) is 6.54 Å². The summed E-state index contributed by atoms with van der Waals surface area (Å²) in [6.45, 7) is 6.85. The van der Waals surface area contributed by atoms with E-state index < -0.39 is 0 Å². The number of aromatic nitrogens is 1. The van der Waals surface area contributed by atoms with Crippen molar-refractivity contribution in [2.24, 2.45) is 5.41 Å². The molecule has 1 atom stereocenters. The third-order valence-corrected chi connectivity index (χ3v) is 3.51. The van der Waals surface area contributed by atoms with Crippen molar-refractivity contribution in [2.45, 2.75) is 26.3 Å². The van der Waals surface area contributed by atoms with Gasteiger partial charge < -0.3 is 10.2 Å². The Hall–Kier alpha value is -0.930. The van der Waals surface area contributed by atoms with Crippen molar-refractivity contribution in [1.29, 1.82) is 0 Å². The van der Waals surface area contributed by atoms with Crippen molar-refractivity contribution in [1.82, 2.24) is 15.2 Å². The highest BCUT2D eigenvalue weighted by atomic mass is 15.1. The first-order valence-corrected chi connectivity index (χ1v) is 6.46. The van der Waals surface area contributed by atoms with Crippen LogP contribution in [0.4, 0.5) is 0 Å². The molecule has 3 nitrogen and oxygen atoms in total. The summed E-state index contributed by atoms with van der Waals surface area (Å²) in [5.74, 6) is 0. The predicted octanol–water partition coefficient (Wildman–Crippen LogP) is 1.90. The number of piperidine rings is 1. The molecule has 0 spiro atoms. The third-order valence-electron chi connectivity index (χ3n) is 3.51. The van der Waals surface area contributed by atoms with Crippen molar-refractivity contribution in [2.75, 3.05) is 26.7 Å². The number of hydrogen-bond acceptors (Lipinski definition) is 3. The van der Waals surface area contributed by atoms with Crippen molar-refractivity contribution < 1.29 is 0 Å². The Kier molecular flexibility index (Phi) is 4.13. The van der Waals surface area contributed by atoms with Crippen LogP contribution in [0.1, 0.15) is 25.3 Å². The molecule has 0 aliphatic carbocycles. The van der Waals surface area contributed by atoms with Crippen molar-refractivity contribution >= 4 is 0 Å².